The molecule has 2 N–H and O–H groups in total. The van der Waals surface area contributed by atoms with Crippen LogP contribution >= 0.6 is 0 Å². The lowest BCUT2D eigenvalue weighted by Crippen LogP contribution is -2.44. The Bertz CT molecular complexity index is 1160. The van der Waals surface area contributed by atoms with E-state index in [0.29, 0.717) is 24.3 Å². The molecule has 1 fully saturated rings. The molecule has 0 saturated carbocycles. The van der Waals surface area contributed by atoms with Crippen molar-refractivity contribution in [3.05, 3.63) is 48.4 Å². The Morgan fingerprint density at radius 3 is 2.69 bits per heavy atom. The van der Waals surface area contributed by atoms with Crippen molar-refractivity contribution in [3.63, 3.8) is 0 Å². The summed E-state index contributed by atoms with van der Waals surface area (Å²) < 4.78 is 27.2. The van der Waals surface area contributed by atoms with Crippen LogP contribution in [0, 0.1) is 6.92 Å². The third-order valence-corrected chi connectivity index (χ3v) is 6.74. The molecule has 2 aromatic heterocycles. The second-order valence-electron chi connectivity index (χ2n) is 7.10. The molecule has 3 heterocycles. The molecule has 0 bridgehead atoms. The molecule has 1 atom stereocenters. The van der Waals surface area contributed by atoms with Crippen LogP contribution in [0.3, 0.4) is 0 Å². The molecule has 3 aromatic rings. The van der Waals surface area contributed by atoms with E-state index in [2.05, 4.69) is 15.3 Å². The van der Waals surface area contributed by atoms with Crippen LogP contribution in [-0.2, 0) is 10.0 Å². The standard InChI is InChI=1S/C19H21N5O4S/c1-13-4-6-15(7-5-13)29(27,28)24-10-8-16-17(20-12-21-18(16)24)22-14-3-2-9-23(11-14)19(25)26/h4-8,10,12,14H,2-3,9,11H2,1H3,(H,25,26)(H,20,21,22). The quantitative estimate of drug-likeness (QED) is 0.672. The van der Waals surface area contributed by atoms with Gasteiger partial charge in [-0.15, -0.1) is 0 Å². The summed E-state index contributed by atoms with van der Waals surface area (Å²) in [6.45, 7) is 2.75. The molecule has 1 amide bonds. The summed E-state index contributed by atoms with van der Waals surface area (Å²) in [6.07, 6.45) is 3.38. The van der Waals surface area contributed by atoms with Crippen molar-refractivity contribution < 1.29 is 18.3 Å². The van der Waals surface area contributed by atoms with Gasteiger partial charge in [0.2, 0.25) is 0 Å². The highest BCUT2D eigenvalue weighted by Gasteiger charge is 2.25. The van der Waals surface area contributed by atoms with Gasteiger partial charge in [-0.1, -0.05) is 17.7 Å². The van der Waals surface area contributed by atoms with Crippen molar-refractivity contribution in [2.24, 2.45) is 0 Å². The molecule has 0 aliphatic carbocycles. The average molecular weight is 415 g/mol. The molecule has 1 aliphatic heterocycles. The lowest BCUT2D eigenvalue weighted by Gasteiger charge is -2.31. The summed E-state index contributed by atoms with van der Waals surface area (Å²) in [5.41, 5.74) is 1.24. The fourth-order valence-corrected chi connectivity index (χ4v) is 4.82. The molecule has 1 aromatic carbocycles. The van der Waals surface area contributed by atoms with Crippen LogP contribution in [0.2, 0.25) is 0 Å². The minimum absolute atomic E-state index is 0.102. The summed E-state index contributed by atoms with van der Waals surface area (Å²) in [4.78, 5) is 21.2. The number of aryl methyl sites for hydroxylation is 1. The smallest absolute Gasteiger partial charge is 0.407 e. The van der Waals surface area contributed by atoms with Crippen molar-refractivity contribution in [2.75, 3.05) is 18.4 Å². The van der Waals surface area contributed by atoms with Gasteiger partial charge in [0.1, 0.15) is 12.1 Å². The van der Waals surface area contributed by atoms with E-state index in [9.17, 15) is 18.3 Å². The number of likely N-dealkylation sites (tertiary alicyclic amines) is 1. The highest BCUT2D eigenvalue weighted by atomic mass is 32.2. The van der Waals surface area contributed by atoms with Crippen LogP contribution < -0.4 is 5.32 Å². The molecule has 1 unspecified atom stereocenters. The van der Waals surface area contributed by atoms with E-state index < -0.39 is 16.1 Å². The van der Waals surface area contributed by atoms with Crippen molar-refractivity contribution >= 4 is 33.0 Å². The summed E-state index contributed by atoms with van der Waals surface area (Å²) in [5.74, 6) is 0.491. The predicted molar refractivity (Wildman–Crippen MR) is 108 cm³/mol. The third-order valence-electron chi connectivity index (χ3n) is 5.06. The van der Waals surface area contributed by atoms with Gasteiger partial charge >= 0.3 is 6.09 Å². The molecule has 1 aliphatic rings. The molecule has 10 heteroatoms. The van der Waals surface area contributed by atoms with E-state index >= 15 is 0 Å². The maximum Gasteiger partial charge on any atom is 0.407 e. The molecule has 4 rings (SSSR count). The number of amides is 1. The molecule has 29 heavy (non-hydrogen) atoms. The minimum Gasteiger partial charge on any atom is -0.465 e. The number of nitrogens with zero attached hydrogens (tertiary/aromatic N) is 4. The largest absolute Gasteiger partial charge is 0.465 e. The van der Waals surface area contributed by atoms with E-state index in [1.54, 1.807) is 30.3 Å². The first-order valence-corrected chi connectivity index (χ1v) is 10.7. The second kappa shape index (κ2) is 7.36. The van der Waals surface area contributed by atoms with E-state index in [0.717, 1.165) is 22.4 Å². The van der Waals surface area contributed by atoms with Crippen LogP contribution in [-0.4, -0.2) is 57.6 Å². The van der Waals surface area contributed by atoms with Crippen LogP contribution in [0.25, 0.3) is 11.0 Å². The second-order valence-corrected chi connectivity index (χ2v) is 8.92. The number of benzene rings is 1. The fraction of sp³-hybridized carbons (Fsp3) is 0.316. The zero-order valence-electron chi connectivity index (χ0n) is 15.8. The van der Waals surface area contributed by atoms with Gasteiger partial charge in [0.05, 0.1) is 10.3 Å². The number of piperidine rings is 1. The molecule has 0 radical (unpaired) electrons. The first-order valence-electron chi connectivity index (χ1n) is 9.25. The van der Waals surface area contributed by atoms with Gasteiger partial charge in [-0.3, -0.25) is 0 Å². The van der Waals surface area contributed by atoms with Gasteiger partial charge in [-0.2, -0.15) is 0 Å². The number of nitrogens with one attached hydrogen (secondary N) is 1. The number of fused-ring (bicyclic) bond motifs is 1. The number of carbonyl (C=O) groups is 1. The predicted octanol–water partition coefficient (Wildman–Crippen LogP) is 2.53. The molecule has 9 nitrogen and oxygen atoms in total. The van der Waals surface area contributed by atoms with Crippen molar-refractivity contribution in [1.82, 2.24) is 18.8 Å². The molecule has 152 valence electrons. The van der Waals surface area contributed by atoms with E-state index in [-0.39, 0.29) is 16.6 Å². The molecular formula is C19H21N5O4S. The maximum absolute atomic E-state index is 13.0. The Labute approximate surface area is 168 Å². The average Bonchev–Trinajstić information content (AvgIpc) is 3.14. The zero-order valence-corrected chi connectivity index (χ0v) is 16.6. The highest BCUT2D eigenvalue weighted by molar-refractivity contribution is 7.90. The molecular weight excluding hydrogens is 394 g/mol. The maximum atomic E-state index is 13.0. The summed E-state index contributed by atoms with van der Waals surface area (Å²) >= 11 is 0. The van der Waals surface area contributed by atoms with Gasteiger partial charge < -0.3 is 15.3 Å². The zero-order chi connectivity index (χ0) is 20.6. The normalized spacial score (nSPS) is 17.4. The van der Waals surface area contributed by atoms with Crippen molar-refractivity contribution in [1.29, 1.82) is 0 Å². The first-order chi connectivity index (χ1) is 13.9. The SMILES string of the molecule is Cc1ccc(S(=O)(=O)n2ccc3c(NC4CCCN(C(=O)O)C4)ncnc32)cc1. The number of carboxylic acid groups (broad SMARTS) is 1. The topological polar surface area (TPSA) is 117 Å². The van der Waals surface area contributed by atoms with Gasteiger partial charge in [-0.25, -0.2) is 27.2 Å². The molecule has 1 saturated heterocycles. The van der Waals surface area contributed by atoms with Gasteiger partial charge in [0.25, 0.3) is 10.0 Å². The van der Waals surface area contributed by atoms with Crippen molar-refractivity contribution in [3.8, 4) is 0 Å². The lowest BCUT2D eigenvalue weighted by atomic mass is 10.1. The van der Waals surface area contributed by atoms with Gasteiger partial charge in [0, 0.05) is 25.3 Å². The molecule has 0 spiro atoms. The number of rotatable bonds is 4. The van der Waals surface area contributed by atoms with Gasteiger partial charge in [-0.05, 0) is 38.0 Å². The van der Waals surface area contributed by atoms with E-state index in [1.165, 1.54) is 17.4 Å². The van der Waals surface area contributed by atoms with Crippen molar-refractivity contribution in [2.45, 2.75) is 30.7 Å². The van der Waals surface area contributed by atoms with E-state index in [1.807, 2.05) is 6.92 Å². The van der Waals surface area contributed by atoms with Gasteiger partial charge in [0.15, 0.2) is 5.65 Å². The van der Waals surface area contributed by atoms with Crippen LogP contribution in [0.5, 0.6) is 0 Å². The highest BCUT2D eigenvalue weighted by Crippen LogP contribution is 2.26. The number of hydrogen-bond acceptors (Lipinski definition) is 6. The van der Waals surface area contributed by atoms with Crippen LogP contribution in [0.1, 0.15) is 18.4 Å². The Kier molecular flexibility index (Phi) is 4.87. The summed E-state index contributed by atoms with van der Waals surface area (Å²) in [6, 6.07) is 8.19. The fourth-order valence-electron chi connectivity index (χ4n) is 3.52. The Hall–Kier alpha value is -3.14. The minimum atomic E-state index is -3.80. The Morgan fingerprint density at radius 2 is 1.97 bits per heavy atom. The van der Waals surface area contributed by atoms with Crippen LogP contribution in [0.4, 0.5) is 10.6 Å². The summed E-state index contributed by atoms with van der Waals surface area (Å²) in [5, 5.41) is 13.0. The summed E-state index contributed by atoms with van der Waals surface area (Å²) in [7, 11) is -3.80. The lowest BCUT2D eigenvalue weighted by molar-refractivity contribution is 0.133. The number of hydrogen-bond donors (Lipinski definition) is 2. The first kappa shape index (κ1) is 19.2. The Balaban J connectivity index is 1.67. The monoisotopic (exact) mass is 415 g/mol. The Morgan fingerprint density at radius 1 is 1.21 bits per heavy atom. The van der Waals surface area contributed by atoms with Crippen LogP contribution in [0.15, 0.2) is 47.8 Å². The number of aromatic nitrogens is 3. The third kappa shape index (κ3) is 3.63. The number of anilines is 1. The van der Waals surface area contributed by atoms with E-state index in [4.69, 9.17) is 0 Å².